The number of benzene rings is 2. The monoisotopic (exact) mass is 403 g/mol. The first-order valence-corrected chi connectivity index (χ1v) is 10.7. The smallest absolute Gasteiger partial charge is 0.344 e. The SMILES string of the molecule is O=C(COC(=O)COc1ccc(-c2ccccc2)cc1)N[C@@H]1CCS(=O)(=O)C1. The van der Waals surface area contributed by atoms with Gasteiger partial charge < -0.3 is 14.8 Å². The first-order chi connectivity index (χ1) is 13.4. The zero-order chi connectivity index (χ0) is 20.0. The van der Waals surface area contributed by atoms with Crippen molar-refractivity contribution < 1.29 is 27.5 Å². The summed E-state index contributed by atoms with van der Waals surface area (Å²) in [7, 11) is -3.08. The molecule has 1 aliphatic heterocycles. The van der Waals surface area contributed by atoms with Crippen LogP contribution in [-0.4, -0.2) is 51.1 Å². The van der Waals surface area contributed by atoms with Crippen molar-refractivity contribution in [2.75, 3.05) is 24.7 Å². The number of hydrogen-bond donors (Lipinski definition) is 1. The molecule has 8 heteroatoms. The van der Waals surface area contributed by atoms with Gasteiger partial charge in [0.25, 0.3) is 5.91 Å². The molecule has 3 rings (SSSR count). The Morgan fingerprint density at radius 3 is 2.29 bits per heavy atom. The molecule has 28 heavy (non-hydrogen) atoms. The van der Waals surface area contributed by atoms with Crippen molar-refractivity contribution in [2.45, 2.75) is 12.5 Å². The summed E-state index contributed by atoms with van der Waals surface area (Å²) in [6.45, 7) is -0.790. The lowest BCUT2D eigenvalue weighted by atomic mass is 10.1. The average molecular weight is 403 g/mol. The minimum absolute atomic E-state index is 0.0641. The number of rotatable bonds is 7. The number of amides is 1. The van der Waals surface area contributed by atoms with Crippen LogP contribution in [-0.2, 0) is 24.2 Å². The van der Waals surface area contributed by atoms with E-state index in [1.807, 2.05) is 42.5 Å². The molecule has 1 aliphatic rings. The maximum Gasteiger partial charge on any atom is 0.344 e. The first-order valence-electron chi connectivity index (χ1n) is 8.85. The first kappa shape index (κ1) is 19.9. The third kappa shape index (κ3) is 5.82. The van der Waals surface area contributed by atoms with E-state index >= 15 is 0 Å². The van der Waals surface area contributed by atoms with Crippen molar-refractivity contribution in [3.63, 3.8) is 0 Å². The topological polar surface area (TPSA) is 98.8 Å². The van der Waals surface area contributed by atoms with Crippen molar-refractivity contribution in [3.8, 4) is 16.9 Å². The van der Waals surface area contributed by atoms with Crippen LogP contribution in [0.2, 0.25) is 0 Å². The second-order valence-corrected chi connectivity index (χ2v) is 8.74. The average Bonchev–Trinajstić information content (AvgIpc) is 3.04. The van der Waals surface area contributed by atoms with Gasteiger partial charge in [0.1, 0.15) is 5.75 Å². The van der Waals surface area contributed by atoms with Crippen LogP contribution in [0.1, 0.15) is 6.42 Å². The molecule has 0 aromatic heterocycles. The van der Waals surface area contributed by atoms with Crippen LogP contribution in [0.5, 0.6) is 5.75 Å². The van der Waals surface area contributed by atoms with Crippen LogP contribution in [0.4, 0.5) is 0 Å². The molecule has 0 spiro atoms. The maximum absolute atomic E-state index is 11.7. The lowest BCUT2D eigenvalue weighted by molar-refractivity contribution is -0.150. The van der Waals surface area contributed by atoms with Crippen molar-refractivity contribution in [1.29, 1.82) is 0 Å². The number of sulfone groups is 1. The molecule has 0 radical (unpaired) electrons. The fourth-order valence-electron chi connectivity index (χ4n) is 2.88. The van der Waals surface area contributed by atoms with Crippen molar-refractivity contribution in [3.05, 3.63) is 54.6 Å². The molecule has 1 amide bonds. The molecule has 0 saturated carbocycles. The Morgan fingerprint density at radius 2 is 1.64 bits per heavy atom. The van der Waals surface area contributed by atoms with Gasteiger partial charge in [-0.05, 0) is 29.7 Å². The largest absolute Gasteiger partial charge is 0.482 e. The molecular formula is C20H21NO6S. The Kier molecular flexibility index (Phi) is 6.30. The van der Waals surface area contributed by atoms with Crippen LogP contribution in [0, 0.1) is 0 Å². The second kappa shape index (κ2) is 8.88. The van der Waals surface area contributed by atoms with Gasteiger partial charge in [-0.25, -0.2) is 13.2 Å². The molecule has 7 nitrogen and oxygen atoms in total. The van der Waals surface area contributed by atoms with Gasteiger partial charge in [-0.2, -0.15) is 0 Å². The molecule has 0 aliphatic carbocycles. The van der Waals surface area contributed by atoms with E-state index in [-0.39, 0.29) is 18.1 Å². The molecule has 1 N–H and O–H groups in total. The van der Waals surface area contributed by atoms with Gasteiger partial charge in [-0.15, -0.1) is 0 Å². The maximum atomic E-state index is 11.7. The Morgan fingerprint density at radius 1 is 0.964 bits per heavy atom. The molecule has 1 heterocycles. The van der Waals surface area contributed by atoms with E-state index in [1.54, 1.807) is 12.1 Å². The van der Waals surface area contributed by atoms with Crippen LogP contribution >= 0.6 is 0 Å². The number of esters is 1. The van der Waals surface area contributed by atoms with Gasteiger partial charge in [0.2, 0.25) is 0 Å². The van der Waals surface area contributed by atoms with E-state index in [2.05, 4.69) is 5.32 Å². The van der Waals surface area contributed by atoms with Crippen molar-refractivity contribution >= 4 is 21.7 Å². The fraction of sp³-hybridized carbons (Fsp3) is 0.300. The normalized spacial score (nSPS) is 17.6. The van der Waals surface area contributed by atoms with Gasteiger partial charge in [0.05, 0.1) is 11.5 Å². The van der Waals surface area contributed by atoms with Gasteiger partial charge in [-0.1, -0.05) is 42.5 Å². The minimum atomic E-state index is -3.08. The lowest BCUT2D eigenvalue weighted by Gasteiger charge is -2.11. The second-order valence-electron chi connectivity index (χ2n) is 6.51. The molecular weight excluding hydrogens is 382 g/mol. The van der Waals surface area contributed by atoms with Crippen molar-refractivity contribution in [2.24, 2.45) is 0 Å². The highest BCUT2D eigenvalue weighted by atomic mass is 32.2. The third-order valence-corrected chi connectivity index (χ3v) is 6.05. The standard InChI is InChI=1S/C20H21NO6S/c22-19(21-17-10-11-28(24,25)14-17)12-27-20(23)13-26-18-8-6-16(7-9-18)15-4-2-1-3-5-15/h1-9,17H,10-14H2,(H,21,22)/t17-/m1/s1. The van der Waals surface area contributed by atoms with Gasteiger partial charge in [-0.3, -0.25) is 4.79 Å². The van der Waals surface area contributed by atoms with Gasteiger partial charge in [0.15, 0.2) is 23.1 Å². The van der Waals surface area contributed by atoms with E-state index in [0.717, 1.165) is 11.1 Å². The van der Waals surface area contributed by atoms with Crippen molar-refractivity contribution in [1.82, 2.24) is 5.32 Å². The number of hydrogen-bond acceptors (Lipinski definition) is 6. The predicted molar refractivity (Wildman–Crippen MR) is 104 cm³/mol. The van der Waals surface area contributed by atoms with Crippen LogP contribution < -0.4 is 10.1 Å². The third-order valence-electron chi connectivity index (χ3n) is 4.28. The Labute approximate surface area is 163 Å². The number of ether oxygens (including phenoxy) is 2. The van der Waals surface area contributed by atoms with Crippen LogP contribution in [0.15, 0.2) is 54.6 Å². The highest BCUT2D eigenvalue weighted by Gasteiger charge is 2.29. The van der Waals surface area contributed by atoms with Gasteiger partial charge >= 0.3 is 5.97 Å². The highest BCUT2D eigenvalue weighted by molar-refractivity contribution is 7.91. The lowest BCUT2D eigenvalue weighted by Crippen LogP contribution is -2.38. The Hall–Kier alpha value is -2.87. The predicted octanol–water partition coefficient (Wildman–Crippen LogP) is 1.58. The van der Waals surface area contributed by atoms with E-state index in [4.69, 9.17) is 9.47 Å². The van der Waals surface area contributed by atoms with E-state index in [1.165, 1.54) is 0 Å². The minimum Gasteiger partial charge on any atom is -0.482 e. The molecule has 2 aromatic carbocycles. The highest BCUT2D eigenvalue weighted by Crippen LogP contribution is 2.22. The molecule has 2 aromatic rings. The molecule has 0 bridgehead atoms. The number of nitrogens with one attached hydrogen (secondary N) is 1. The molecule has 1 saturated heterocycles. The summed E-state index contributed by atoms with van der Waals surface area (Å²) in [4.78, 5) is 23.5. The summed E-state index contributed by atoms with van der Waals surface area (Å²) < 4.78 is 32.9. The van der Waals surface area contributed by atoms with Crippen LogP contribution in [0.3, 0.4) is 0 Å². The van der Waals surface area contributed by atoms with Gasteiger partial charge in [0, 0.05) is 6.04 Å². The summed E-state index contributed by atoms with van der Waals surface area (Å²) >= 11 is 0. The quantitative estimate of drug-likeness (QED) is 0.705. The molecule has 1 atom stereocenters. The zero-order valence-electron chi connectivity index (χ0n) is 15.2. The number of carbonyl (C=O) groups excluding carboxylic acids is 2. The summed E-state index contributed by atoms with van der Waals surface area (Å²) in [5.41, 5.74) is 2.11. The van der Waals surface area contributed by atoms with Crippen LogP contribution in [0.25, 0.3) is 11.1 Å². The summed E-state index contributed by atoms with van der Waals surface area (Å²) in [6.07, 6.45) is 0.379. The number of carbonyl (C=O) groups is 2. The Balaban J connectivity index is 1.39. The fourth-order valence-corrected chi connectivity index (χ4v) is 4.56. The molecule has 148 valence electrons. The molecule has 1 fully saturated rings. The summed E-state index contributed by atoms with van der Waals surface area (Å²) in [5, 5.41) is 2.55. The van der Waals surface area contributed by atoms with E-state index in [9.17, 15) is 18.0 Å². The summed E-state index contributed by atoms with van der Waals surface area (Å²) in [5.74, 6) is -0.704. The zero-order valence-corrected chi connectivity index (χ0v) is 16.0. The molecule has 0 unspecified atom stereocenters. The van der Waals surface area contributed by atoms with E-state index in [0.29, 0.717) is 12.2 Å². The Bertz CT molecular complexity index is 925. The van der Waals surface area contributed by atoms with E-state index < -0.39 is 34.4 Å². The summed E-state index contributed by atoms with van der Waals surface area (Å²) in [6, 6.07) is 16.7.